The van der Waals surface area contributed by atoms with E-state index >= 15 is 0 Å². The maximum atomic E-state index is 11.5. The van der Waals surface area contributed by atoms with Crippen molar-refractivity contribution in [3.05, 3.63) is 42.5 Å². The number of thioether (sulfide) groups is 1. The molecular formula is C15H22N2OS. The van der Waals surface area contributed by atoms with E-state index < -0.39 is 0 Å². The lowest BCUT2D eigenvalue weighted by Crippen LogP contribution is -2.24. The summed E-state index contributed by atoms with van der Waals surface area (Å²) in [7, 11) is 0. The molecule has 0 heterocycles. The molecule has 4 heteroatoms. The predicted molar refractivity (Wildman–Crippen MR) is 82.4 cm³/mol. The van der Waals surface area contributed by atoms with Crippen molar-refractivity contribution >= 4 is 17.7 Å². The summed E-state index contributed by atoms with van der Waals surface area (Å²) in [5.74, 6) is 0.485. The fourth-order valence-electron chi connectivity index (χ4n) is 1.54. The molecule has 0 atom stereocenters. The fraction of sp³-hybridized carbons (Fsp3) is 0.400. The molecule has 19 heavy (non-hydrogen) atoms. The van der Waals surface area contributed by atoms with Gasteiger partial charge in [0.1, 0.15) is 0 Å². The summed E-state index contributed by atoms with van der Waals surface area (Å²) < 4.78 is 0. The van der Waals surface area contributed by atoms with Gasteiger partial charge in [-0.15, -0.1) is 18.3 Å². The molecule has 0 saturated carbocycles. The van der Waals surface area contributed by atoms with Crippen molar-refractivity contribution in [1.29, 1.82) is 0 Å². The van der Waals surface area contributed by atoms with E-state index in [1.807, 2.05) is 12.1 Å². The second-order valence-electron chi connectivity index (χ2n) is 4.21. The average molecular weight is 278 g/mol. The zero-order chi connectivity index (χ0) is 13.9. The number of benzene rings is 1. The minimum absolute atomic E-state index is 0.0411. The number of nitrogens with one attached hydrogen (secondary N) is 2. The van der Waals surface area contributed by atoms with Gasteiger partial charge in [0.25, 0.3) is 0 Å². The zero-order valence-electron chi connectivity index (χ0n) is 11.4. The lowest BCUT2D eigenvalue weighted by molar-refractivity contribution is -0.118. The normalized spacial score (nSPS) is 10.2. The van der Waals surface area contributed by atoms with E-state index in [9.17, 15) is 4.79 Å². The van der Waals surface area contributed by atoms with E-state index in [-0.39, 0.29) is 5.91 Å². The Balaban J connectivity index is 2.39. The largest absolute Gasteiger partial charge is 0.352 e. The van der Waals surface area contributed by atoms with Crippen LogP contribution in [0.4, 0.5) is 0 Å². The first-order valence-electron chi connectivity index (χ1n) is 6.56. The molecule has 0 aliphatic heterocycles. The number of carbonyl (C=O) groups excluding carboxylic acids is 1. The van der Waals surface area contributed by atoms with Gasteiger partial charge in [-0.05, 0) is 30.7 Å². The molecule has 0 saturated heterocycles. The molecule has 0 bridgehead atoms. The Hall–Kier alpha value is -1.26. The summed E-state index contributed by atoms with van der Waals surface area (Å²) in [4.78, 5) is 12.6. The smallest absolute Gasteiger partial charge is 0.230 e. The SMILES string of the molecule is C=CCNC(=O)CSc1cccc(CNCCC)c1. The molecular weight excluding hydrogens is 256 g/mol. The lowest BCUT2D eigenvalue weighted by Gasteiger charge is -2.06. The maximum Gasteiger partial charge on any atom is 0.230 e. The number of amides is 1. The fourth-order valence-corrected chi connectivity index (χ4v) is 2.35. The van der Waals surface area contributed by atoms with Crippen LogP contribution in [0.25, 0.3) is 0 Å². The van der Waals surface area contributed by atoms with E-state index in [0.29, 0.717) is 12.3 Å². The van der Waals surface area contributed by atoms with Crippen molar-refractivity contribution in [2.24, 2.45) is 0 Å². The van der Waals surface area contributed by atoms with Crippen LogP contribution in [0.5, 0.6) is 0 Å². The van der Waals surface area contributed by atoms with Gasteiger partial charge in [0.15, 0.2) is 0 Å². The Labute approximate surface area is 119 Å². The van der Waals surface area contributed by atoms with Crippen molar-refractivity contribution in [2.45, 2.75) is 24.8 Å². The molecule has 0 aromatic heterocycles. The summed E-state index contributed by atoms with van der Waals surface area (Å²) in [6.45, 7) is 8.16. The Morgan fingerprint density at radius 1 is 1.47 bits per heavy atom. The van der Waals surface area contributed by atoms with Gasteiger partial charge in [-0.25, -0.2) is 0 Å². The Morgan fingerprint density at radius 2 is 2.32 bits per heavy atom. The molecule has 0 unspecified atom stereocenters. The van der Waals surface area contributed by atoms with Crippen LogP contribution in [-0.2, 0) is 11.3 Å². The van der Waals surface area contributed by atoms with Crippen molar-refractivity contribution in [3.63, 3.8) is 0 Å². The van der Waals surface area contributed by atoms with Crippen LogP contribution < -0.4 is 10.6 Å². The third-order valence-corrected chi connectivity index (χ3v) is 3.46. The molecule has 1 aromatic rings. The number of rotatable bonds is 9. The molecule has 1 amide bonds. The van der Waals surface area contributed by atoms with Crippen LogP contribution in [0, 0.1) is 0 Å². The molecule has 1 aromatic carbocycles. The van der Waals surface area contributed by atoms with Gasteiger partial charge in [-0.3, -0.25) is 4.79 Å². The highest BCUT2D eigenvalue weighted by atomic mass is 32.2. The monoisotopic (exact) mass is 278 g/mol. The van der Waals surface area contributed by atoms with Crippen LogP contribution in [-0.4, -0.2) is 24.7 Å². The van der Waals surface area contributed by atoms with Gasteiger partial charge in [-0.1, -0.05) is 25.1 Å². The summed E-state index contributed by atoms with van der Waals surface area (Å²) in [5.41, 5.74) is 1.25. The lowest BCUT2D eigenvalue weighted by atomic mass is 10.2. The van der Waals surface area contributed by atoms with Gasteiger partial charge in [0.2, 0.25) is 5.91 Å². The second-order valence-corrected chi connectivity index (χ2v) is 5.25. The predicted octanol–water partition coefficient (Wildman–Crippen LogP) is 2.58. The molecule has 3 nitrogen and oxygen atoms in total. The van der Waals surface area contributed by atoms with Gasteiger partial charge in [-0.2, -0.15) is 0 Å². The third-order valence-electron chi connectivity index (χ3n) is 2.47. The first kappa shape index (κ1) is 15.8. The molecule has 0 aliphatic carbocycles. The highest BCUT2D eigenvalue weighted by Crippen LogP contribution is 2.18. The molecule has 2 N–H and O–H groups in total. The Kier molecular flexibility index (Phi) is 8.02. The number of hydrogen-bond donors (Lipinski definition) is 2. The van der Waals surface area contributed by atoms with Crippen LogP contribution in [0.2, 0.25) is 0 Å². The van der Waals surface area contributed by atoms with Gasteiger partial charge >= 0.3 is 0 Å². The van der Waals surface area contributed by atoms with Gasteiger partial charge in [0, 0.05) is 18.0 Å². The Bertz CT molecular complexity index is 407. The van der Waals surface area contributed by atoms with Crippen LogP contribution in [0.15, 0.2) is 41.8 Å². The van der Waals surface area contributed by atoms with Crippen molar-refractivity contribution in [3.8, 4) is 0 Å². The van der Waals surface area contributed by atoms with E-state index in [0.717, 1.165) is 24.4 Å². The second kappa shape index (κ2) is 9.64. The summed E-state index contributed by atoms with van der Waals surface area (Å²) in [5, 5.41) is 6.14. The first-order valence-corrected chi connectivity index (χ1v) is 7.55. The van der Waals surface area contributed by atoms with Crippen LogP contribution in [0.1, 0.15) is 18.9 Å². The average Bonchev–Trinajstić information content (AvgIpc) is 2.44. The minimum atomic E-state index is 0.0411. The molecule has 0 fully saturated rings. The van der Waals surface area contributed by atoms with Crippen molar-refractivity contribution in [2.75, 3.05) is 18.8 Å². The zero-order valence-corrected chi connectivity index (χ0v) is 12.3. The minimum Gasteiger partial charge on any atom is -0.352 e. The first-order chi connectivity index (χ1) is 9.26. The highest BCUT2D eigenvalue weighted by Gasteiger charge is 2.02. The van der Waals surface area contributed by atoms with E-state index in [4.69, 9.17) is 0 Å². The summed E-state index contributed by atoms with van der Waals surface area (Å²) >= 11 is 1.56. The van der Waals surface area contributed by atoms with E-state index in [2.05, 4.69) is 36.3 Å². The van der Waals surface area contributed by atoms with Crippen LogP contribution >= 0.6 is 11.8 Å². The van der Waals surface area contributed by atoms with Gasteiger partial charge in [0.05, 0.1) is 5.75 Å². The molecule has 0 radical (unpaired) electrons. The van der Waals surface area contributed by atoms with E-state index in [1.54, 1.807) is 17.8 Å². The highest BCUT2D eigenvalue weighted by molar-refractivity contribution is 8.00. The summed E-state index contributed by atoms with van der Waals surface area (Å²) in [6.07, 6.45) is 2.82. The van der Waals surface area contributed by atoms with Crippen molar-refractivity contribution < 1.29 is 4.79 Å². The Morgan fingerprint density at radius 3 is 3.05 bits per heavy atom. The molecule has 0 spiro atoms. The van der Waals surface area contributed by atoms with Gasteiger partial charge < -0.3 is 10.6 Å². The van der Waals surface area contributed by atoms with Crippen LogP contribution in [0.3, 0.4) is 0 Å². The van der Waals surface area contributed by atoms with Crippen molar-refractivity contribution in [1.82, 2.24) is 10.6 Å². The number of hydrogen-bond acceptors (Lipinski definition) is 3. The quantitative estimate of drug-likeness (QED) is 0.414. The maximum absolute atomic E-state index is 11.5. The molecule has 104 valence electrons. The topological polar surface area (TPSA) is 41.1 Å². The summed E-state index contributed by atoms with van der Waals surface area (Å²) in [6, 6.07) is 8.31. The molecule has 1 rings (SSSR count). The number of carbonyl (C=O) groups is 1. The molecule has 0 aliphatic rings. The van der Waals surface area contributed by atoms with E-state index in [1.165, 1.54) is 5.56 Å². The standard InChI is InChI=1S/C15H22N2OS/c1-3-8-16-11-13-6-5-7-14(10-13)19-12-15(18)17-9-4-2/h4-7,10,16H,2-3,8-9,11-12H2,1H3,(H,17,18). The third kappa shape index (κ3) is 7.03.